The maximum atomic E-state index is 13.7. The van der Waals surface area contributed by atoms with Crippen LogP contribution < -0.4 is 14.8 Å². The number of hydrogen-bond donors (Lipinski definition) is 1. The third kappa shape index (κ3) is 5.37. The number of benzene rings is 2. The van der Waals surface area contributed by atoms with Gasteiger partial charge < -0.3 is 14.8 Å². The summed E-state index contributed by atoms with van der Waals surface area (Å²) in [6.45, 7) is 3.33. The first-order valence-electron chi connectivity index (χ1n) is 7.11. The molecule has 0 unspecified atom stereocenters. The first-order chi connectivity index (χ1) is 10.7. The Morgan fingerprint density at radius 2 is 1.91 bits per heavy atom. The van der Waals surface area contributed by atoms with Gasteiger partial charge in [0.25, 0.3) is 0 Å². The molecule has 2 aromatic carbocycles. The lowest BCUT2D eigenvalue weighted by molar-refractivity contribution is 0.264. The quantitative estimate of drug-likeness (QED) is 0.725. The molecule has 2 rings (SSSR count). The van der Waals surface area contributed by atoms with E-state index in [1.807, 2.05) is 26.1 Å². The van der Waals surface area contributed by atoms with Crippen LogP contribution in [0.1, 0.15) is 18.1 Å². The molecule has 0 amide bonds. The molecule has 0 aliphatic heterocycles. The Hall–Kier alpha value is -1.30. The molecule has 6 heteroatoms. The zero-order valence-corrected chi connectivity index (χ0v) is 15.5. The molecule has 3 nitrogen and oxygen atoms in total. The predicted octanol–water partition coefficient (Wildman–Crippen LogP) is 4.71. The maximum Gasteiger partial charge on any atom is 0.175 e. The number of halogens is 3. The van der Waals surface area contributed by atoms with Crippen LogP contribution in [-0.4, -0.2) is 13.7 Å². The van der Waals surface area contributed by atoms with E-state index in [1.165, 1.54) is 6.07 Å². The van der Waals surface area contributed by atoms with Crippen LogP contribution in [0.5, 0.6) is 11.5 Å². The molecular formula is C17H20BrClFNO2. The van der Waals surface area contributed by atoms with Crippen LogP contribution in [-0.2, 0) is 13.2 Å². The fourth-order valence-electron chi connectivity index (χ4n) is 2.10. The number of nitrogens with one attached hydrogen (secondary N) is 1. The monoisotopic (exact) mass is 403 g/mol. The van der Waals surface area contributed by atoms with Gasteiger partial charge in [0.15, 0.2) is 11.5 Å². The summed E-state index contributed by atoms with van der Waals surface area (Å²) >= 11 is 3.50. The third-order valence-corrected chi connectivity index (χ3v) is 3.67. The molecular weight excluding hydrogens is 385 g/mol. The van der Waals surface area contributed by atoms with Crippen molar-refractivity contribution in [3.05, 3.63) is 57.8 Å². The summed E-state index contributed by atoms with van der Waals surface area (Å²) in [7, 11) is 1.89. The van der Waals surface area contributed by atoms with Gasteiger partial charge in [0.05, 0.1) is 11.1 Å². The van der Waals surface area contributed by atoms with Crippen LogP contribution in [0.15, 0.2) is 40.9 Å². The zero-order valence-electron chi connectivity index (χ0n) is 13.1. The van der Waals surface area contributed by atoms with Crippen molar-refractivity contribution in [3.63, 3.8) is 0 Å². The van der Waals surface area contributed by atoms with Gasteiger partial charge in [-0.2, -0.15) is 0 Å². The largest absolute Gasteiger partial charge is 0.490 e. The van der Waals surface area contributed by atoms with Gasteiger partial charge in [-0.1, -0.05) is 18.2 Å². The van der Waals surface area contributed by atoms with Gasteiger partial charge in [-0.05, 0) is 53.7 Å². The van der Waals surface area contributed by atoms with Crippen LogP contribution in [0.2, 0.25) is 0 Å². The van der Waals surface area contributed by atoms with E-state index in [0.717, 1.165) is 16.6 Å². The fraction of sp³-hybridized carbons (Fsp3) is 0.294. The predicted molar refractivity (Wildman–Crippen MR) is 96.1 cm³/mol. The zero-order chi connectivity index (χ0) is 15.9. The summed E-state index contributed by atoms with van der Waals surface area (Å²) in [5, 5.41) is 3.10. The van der Waals surface area contributed by atoms with Gasteiger partial charge in [0, 0.05) is 12.1 Å². The van der Waals surface area contributed by atoms with Gasteiger partial charge in [0.1, 0.15) is 12.4 Å². The molecule has 0 aliphatic rings. The van der Waals surface area contributed by atoms with E-state index in [4.69, 9.17) is 9.47 Å². The molecule has 1 N–H and O–H groups in total. The van der Waals surface area contributed by atoms with E-state index < -0.39 is 0 Å². The highest BCUT2D eigenvalue weighted by atomic mass is 79.9. The number of ether oxygens (including phenoxy) is 2. The lowest BCUT2D eigenvalue weighted by Crippen LogP contribution is -2.07. The molecule has 0 bridgehead atoms. The SMILES string of the molecule is CCOc1cc(CNC)cc(Br)c1OCc1ccccc1F.Cl. The van der Waals surface area contributed by atoms with Crippen molar-refractivity contribution in [2.75, 3.05) is 13.7 Å². The lowest BCUT2D eigenvalue weighted by Gasteiger charge is -2.15. The average Bonchev–Trinajstić information content (AvgIpc) is 2.49. The second-order valence-electron chi connectivity index (χ2n) is 4.75. The summed E-state index contributed by atoms with van der Waals surface area (Å²) in [6, 6.07) is 10.5. The lowest BCUT2D eigenvalue weighted by atomic mass is 10.2. The minimum absolute atomic E-state index is 0. The van der Waals surface area contributed by atoms with E-state index in [-0.39, 0.29) is 24.8 Å². The van der Waals surface area contributed by atoms with Crippen molar-refractivity contribution in [2.45, 2.75) is 20.1 Å². The minimum atomic E-state index is -0.275. The van der Waals surface area contributed by atoms with Crippen molar-refractivity contribution in [1.82, 2.24) is 5.32 Å². The van der Waals surface area contributed by atoms with E-state index in [0.29, 0.717) is 23.7 Å². The van der Waals surface area contributed by atoms with Gasteiger partial charge >= 0.3 is 0 Å². The number of rotatable bonds is 7. The topological polar surface area (TPSA) is 30.5 Å². The Labute approximate surface area is 150 Å². The van der Waals surface area contributed by atoms with Crippen LogP contribution in [0, 0.1) is 5.82 Å². The van der Waals surface area contributed by atoms with Crippen LogP contribution in [0.25, 0.3) is 0 Å². The van der Waals surface area contributed by atoms with Crippen molar-refractivity contribution in [1.29, 1.82) is 0 Å². The summed E-state index contributed by atoms with van der Waals surface area (Å²) in [5.41, 5.74) is 1.59. The highest BCUT2D eigenvalue weighted by Gasteiger charge is 2.13. The standard InChI is InChI=1S/C17H19BrFNO2.ClH/c1-3-21-16-9-12(10-20-2)8-14(18)17(16)22-11-13-6-4-5-7-15(13)19;/h4-9,20H,3,10-11H2,1-2H3;1H. The van der Waals surface area contributed by atoms with Crippen molar-refractivity contribution < 1.29 is 13.9 Å². The first kappa shape index (κ1) is 19.7. The third-order valence-electron chi connectivity index (χ3n) is 3.08. The van der Waals surface area contributed by atoms with E-state index >= 15 is 0 Å². The summed E-state index contributed by atoms with van der Waals surface area (Å²) in [4.78, 5) is 0. The Bertz CT molecular complexity index is 640. The smallest absolute Gasteiger partial charge is 0.175 e. The summed E-state index contributed by atoms with van der Waals surface area (Å²) < 4.78 is 25.9. The second-order valence-corrected chi connectivity index (χ2v) is 5.60. The fourth-order valence-corrected chi connectivity index (χ4v) is 2.70. The Morgan fingerprint density at radius 1 is 1.17 bits per heavy atom. The summed E-state index contributed by atoms with van der Waals surface area (Å²) in [5.74, 6) is 0.965. The molecule has 0 fully saturated rings. The summed E-state index contributed by atoms with van der Waals surface area (Å²) in [6.07, 6.45) is 0. The molecule has 0 radical (unpaired) electrons. The van der Waals surface area contributed by atoms with Crippen molar-refractivity contribution >= 4 is 28.3 Å². The normalized spacial score (nSPS) is 10.1. The van der Waals surface area contributed by atoms with E-state index in [2.05, 4.69) is 21.2 Å². The molecule has 126 valence electrons. The molecule has 0 heterocycles. The van der Waals surface area contributed by atoms with Crippen LogP contribution in [0.4, 0.5) is 4.39 Å². The molecule has 0 spiro atoms. The molecule has 0 aliphatic carbocycles. The van der Waals surface area contributed by atoms with Gasteiger partial charge in [-0.3, -0.25) is 0 Å². The second kappa shape index (κ2) is 9.75. The van der Waals surface area contributed by atoms with Gasteiger partial charge in [0.2, 0.25) is 0 Å². The Kier molecular flexibility index (Phi) is 8.37. The molecule has 23 heavy (non-hydrogen) atoms. The highest BCUT2D eigenvalue weighted by Crippen LogP contribution is 2.37. The number of hydrogen-bond acceptors (Lipinski definition) is 3. The average molecular weight is 405 g/mol. The first-order valence-corrected chi connectivity index (χ1v) is 7.91. The van der Waals surface area contributed by atoms with Crippen LogP contribution in [0.3, 0.4) is 0 Å². The van der Waals surface area contributed by atoms with Gasteiger partial charge in [-0.15, -0.1) is 12.4 Å². The molecule has 0 saturated heterocycles. The van der Waals surface area contributed by atoms with Crippen LogP contribution >= 0.6 is 28.3 Å². The van der Waals surface area contributed by atoms with Gasteiger partial charge in [-0.25, -0.2) is 4.39 Å². The van der Waals surface area contributed by atoms with Crippen molar-refractivity contribution in [2.24, 2.45) is 0 Å². The Morgan fingerprint density at radius 3 is 2.57 bits per heavy atom. The van der Waals surface area contributed by atoms with Crippen molar-refractivity contribution in [3.8, 4) is 11.5 Å². The molecule has 0 aromatic heterocycles. The molecule has 0 atom stereocenters. The van der Waals surface area contributed by atoms with E-state index in [9.17, 15) is 4.39 Å². The Balaban J connectivity index is 0.00000264. The highest BCUT2D eigenvalue weighted by molar-refractivity contribution is 9.10. The molecule has 0 saturated carbocycles. The molecule has 2 aromatic rings. The van der Waals surface area contributed by atoms with E-state index in [1.54, 1.807) is 18.2 Å². The minimum Gasteiger partial charge on any atom is -0.490 e. The maximum absolute atomic E-state index is 13.7.